The summed E-state index contributed by atoms with van der Waals surface area (Å²) in [6.45, 7) is 2.17. The number of nitrogens with one attached hydrogen (secondary N) is 1. The summed E-state index contributed by atoms with van der Waals surface area (Å²) in [6, 6.07) is 2.22. The molecule has 0 saturated carbocycles. The predicted octanol–water partition coefficient (Wildman–Crippen LogP) is 3.06. The van der Waals surface area contributed by atoms with Crippen LogP contribution < -0.4 is 5.32 Å². The van der Waals surface area contributed by atoms with Gasteiger partial charge in [0.25, 0.3) is 5.91 Å². The van der Waals surface area contributed by atoms with Crippen molar-refractivity contribution in [2.24, 2.45) is 5.92 Å². The van der Waals surface area contributed by atoms with E-state index < -0.39 is 0 Å². The SMILES string of the molecule is COCC(=O)Nc1sc(=S)c2c(c1C#N)CCC(C)C2. The lowest BCUT2D eigenvalue weighted by molar-refractivity contribution is -0.119. The zero-order valence-electron chi connectivity index (χ0n) is 11.5. The number of rotatable bonds is 3. The van der Waals surface area contributed by atoms with Crippen molar-refractivity contribution in [1.82, 2.24) is 0 Å². The first-order valence-electron chi connectivity index (χ1n) is 6.44. The number of carbonyl (C=O) groups is 1. The maximum atomic E-state index is 11.6. The molecule has 1 N–H and O–H groups in total. The fraction of sp³-hybridized carbons (Fsp3) is 0.500. The van der Waals surface area contributed by atoms with Crippen molar-refractivity contribution < 1.29 is 9.53 Å². The molecule has 1 heterocycles. The van der Waals surface area contributed by atoms with Crippen LogP contribution in [-0.4, -0.2) is 19.6 Å². The van der Waals surface area contributed by atoms with Crippen molar-refractivity contribution in [3.8, 4) is 6.07 Å². The maximum absolute atomic E-state index is 11.6. The molecule has 0 aromatic carbocycles. The second-order valence-corrected chi connectivity index (χ2v) is 6.68. The van der Waals surface area contributed by atoms with Crippen molar-refractivity contribution in [3.63, 3.8) is 0 Å². The molecule has 0 fully saturated rings. The molecule has 6 heteroatoms. The number of fused-ring (bicyclic) bond motifs is 1. The van der Waals surface area contributed by atoms with E-state index in [-0.39, 0.29) is 12.5 Å². The Hall–Kier alpha value is -1.29. The van der Waals surface area contributed by atoms with Crippen LogP contribution in [0.5, 0.6) is 0 Å². The van der Waals surface area contributed by atoms with E-state index >= 15 is 0 Å². The third kappa shape index (κ3) is 3.06. The minimum atomic E-state index is -0.265. The number of carbonyl (C=O) groups excluding carboxylic acids is 1. The van der Waals surface area contributed by atoms with Gasteiger partial charge < -0.3 is 10.1 Å². The van der Waals surface area contributed by atoms with Gasteiger partial charge in [0.15, 0.2) is 0 Å². The van der Waals surface area contributed by atoms with Gasteiger partial charge >= 0.3 is 0 Å². The highest BCUT2D eigenvalue weighted by Crippen LogP contribution is 2.35. The molecule has 1 aromatic rings. The summed E-state index contributed by atoms with van der Waals surface area (Å²) >= 11 is 6.74. The monoisotopic (exact) mass is 308 g/mol. The molecular formula is C14H16N2O2S2. The van der Waals surface area contributed by atoms with Crippen molar-refractivity contribution in [1.29, 1.82) is 5.26 Å². The summed E-state index contributed by atoms with van der Waals surface area (Å²) in [5, 5.41) is 12.7. The Labute approximate surface area is 127 Å². The van der Waals surface area contributed by atoms with Crippen LogP contribution in [0.2, 0.25) is 0 Å². The van der Waals surface area contributed by atoms with Gasteiger partial charge in [-0.05, 0) is 36.3 Å². The molecular weight excluding hydrogens is 292 g/mol. The molecule has 0 bridgehead atoms. The lowest BCUT2D eigenvalue weighted by atomic mass is 9.85. The molecule has 106 valence electrons. The highest BCUT2D eigenvalue weighted by molar-refractivity contribution is 7.73. The fourth-order valence-electron chi connectivity index (χ4n) is 2.44. The third-order valence-corrected chi connectivity index (χ3v) is 4.85. The zero-order chi connectivity index (χ0) is 14.7. The minimum absolute atomic E-state index is 0.0293. The summed E-state index contributed by atoms with van der Waals surface area (Å²) in [4.78, 5) is 11.6. The minimum Gasteiger partial charge on any atom is -0.375 e. The second-order valence-electron chi connectivity index (χ2n) is 4.99. The smallest absolute Gasteiger partial charge is 0.250 e. The van der Waals surface area contributed by atoms with Crippen LogP contribution >= 0.6 is 23.6 Å². The van der Waals surface area contributed by atoms with Gasteiger partial charge in [-0.1, -0.05) is 19.1 Å². The zero-order valence-corrected chi connectivity index (χ0v) is 13.1. The molecule has 1 aromatic heterocycles. The summed E-state index contributed by atoms with van der Waals surface area (Å²) in [7, 11) is 1.46. The molecule has 0 spiro atoms. The van der Waals surface area contributed by atoms with Crippen molar-refractivity contribution in [2.45, 2.75) is 26.2 Å². The Balaban J connectivity index is 2.45. The van der Waals surface area contributed by atoms with Gasteiger partial charge in [-0.2, -0.15) is 5.26 Å². The summed E-state index contributed by atoms with van der Waals surface area (Å²) in [6.07, 6.45) is 2.83. The molecule has 0 aliphatic heterocycles. The van der Waals surface area contributed by atoms with Gasteiger partial charge in [-0.15, -0.1) is 11.3 Å². The van der Waals surface area contributed by atoms with Gasteiger partial charge in [0.2, 0.25) is 0 Å². The number of ether oxygens (including phenoxy) is 1. The number of hydrogen-bond acceptors (Lipinski definition) is 5. The van der Waals surface area contributed by atoms with E-state index in [0.29, 0.717) is 16.5 Å². The first-order valence-corrected chi connectivity index (χ1v) is 7.67. The third-order valence-electron chi connectivity index (χ3n) is 3.41. The second kappa shape index (κ2) is 6.44. The number of anilines is 1. The van der Waals surface area contributed by atoms with Gasteiger partial charge in [0.05, 0.1) is 9.39 Å². The molecule has 0 saturated heterocycles. The van der Waals surface area contributed by atoms with E-state index in [1.165, 1.54) is 18.4 Å². The molecule has 1 aliphatic carbocycles. The lowest BCUT2D eigenvalue weighted by Crippen LogP contribution is -2.19. The number of nitriles is 1. The Morgan fingerprint density at radius 1 is 1.60 bits per heavy atom. The first-order chi connectivity index (χ1) is 9.56. The van der Waals surface area contributed by atoms with Crippen LogP contribution in [0.1, 0.15) is 30.0 Å². The van der Waals surface area contributed by atoms with E-state index in [0.717, 1.165) is 34.2 Å². The van der Waals surface area contributed by atoms with Crippen LogP contribution in [0.4, 0.5) is 5.00 Å². The average Bonchev–Trinajstić information content (AvgIpc) is 2.40. The topological polar surface area (TPSA) is 62.1 Å². The van der Waals surface area contributed by atoms with Gasteiger partial charge in [0.1, 0.15) is 17.7 Å². The predicted molar refractivity (Wildman–Crippen MR) is 81.6 cm³/mol. The largest absolute Gasteiger partial charge is 0.375 e. The average molecular weight is 308 g/mol. The Morgan fingerprint density at radius 2 is 2.35 bits per heavy atom. The molecule has 20 heavy (non-hydrogen) atoms. The molecule has 1 aliphatic rings. The maximum Gasteiger partial charge on any atom is 0.250 e. The van der Waals surface area contributed by atoms with Gasteiger partial charge in [0, 0.05) is 7.11 Å². The van der Waals surface area contributed by atoms with E-state index in [4.69, 9.17) is 17.0 Å². The Morgan fingerprint density at radius 3 is 3.00 bits per heavy atom. The molecule has 4 nitrogen and oxygen atoms in total. The van der Waals surface area contributed by atoms with E-state index in [1.807, 2.05) is 0 Å². The molecule has 1 amide bonds. The summed E-state index contributed by atoms with van der Waals surface area (Å²) in [5.41, 5.74) is 2.70. The van der Waals surface area contributed by atoms with Crippen LogP contribution in [-0.2, 0) is 22.4 Å². The van der Waals surface area contributed by atoms with Crippen LogP contribution in [0, 0.1) is 21.1 Å². The Bertz CT molecular complexity index is 631. The standard InChI is InChI=1S/C14H16N2O2S2/c1-8-3-4-9-10(5-8)14(19)20-13(11(9)6-15)16-12(17)7-18-2/h8H,3-5,7H2,1-2H3,(H,16,17). The van der Waals surface area contributed by atoms with Crippen LogP contribution in [0.25, 0.3) is 0 Å². The molecule has 2 rings (SSSR count). The molecule has 1 unspecified atom stereocenters. The van der Waals surface area contributed by atoms with Crippen molar-refractivity contribution in [2.75, 3.05) is 19.0 Å². The number of nitrogens with zero attached hydrogens (tertiary/aromatic N) is 1. The van der Waals surface area contributed by atoms with E-state index in [2.05, 4.69) is 18.3 Å². The Kier molecular flexibility index (Phi) is 4.86. The highest BCUT2D eigenvalue weighted by Gasteiger charge is 2.23. The lowest BCUT2D eigenvalue weighted by Gasteiger charge is -2.23. The van der Waals surface area contributed by atoms with E-state index in [1.54, 1.807) is 0 Å². The quantitative estimate of drug-likeness (QED) is 0.872. The number of hydrogen-bond donors (Lipinski definition) is 1. The van der Waals surface area contributed by atoms with Crippen LogP contribution in [0.3, 0.4) is 0 Å². The van der Waals surface area contributed by atoms with Crippen molar-refractivity contribution in [3.05, 3.63) is 20.5 Å². The molecule has 0 radical (unpaired) electrons. The van der Waals surface area contributed by atoms with Gasteiger partial charge in [-0.3, -0.25) is 4.79 Å². The van der Waals surface area contributed by atoms with Gasteiger partial charge in [-0.25, -0.2) is 0 Å². The van der Waals surface area contributed by atoms with E-state index in [9.17, 15) is 10.1 Å². The number of methoxy groups -OCH3 is 1. The highest BCUT2D eigenvalue weighted by atomic mass is 32.1. The normalized spacial score (nSPS) is 17.1. The molecule has 1 atom stereocenters. The number of amides is 1. The van der Waals surface area contributed by atoms with Crippen LogP contribution in [0.15, 0.2) is 0 Å². The van der Waals surface area contributed by atoms with Crippen molar-refractivity contribution >= 4 is 34.5 Å². The first kappa shape index (κ1) is 15.1. The summed E-state index contributed by atoms with van der Waals surface area (Å²) < 4.78 is 5.57. The fourth-order valence-corrected chi connectivity index (χ4v) is 3.85. The summed E-state index contributed by atoms with van der Waals surface area (Å²) in [5.74, 6) is 0.329.